The van der Waals surface area contributed by atoms with Crippen molar-refractivity contribution in [2.24, 2.45) is 11.8 Å². The van der Waals surface area contributed by atoms with E-state index in [9.17, 15) is 14.7 Å². The van der Waals surface area contributed by atoms with Gasteiger partial charge in [0.15, 0.2) is 0 Å². The summed E-state index contributed by atoms with van der Waals surface area (Å²) in [5.74, 6) is 0.579. The van der Waals surface area contributed by atoms with Crippen LogP contribution in [0.1, 0.15) is 19.8 Å². The predicted octanol–water partition coefficient (Wildman–Crippen LogP) is 0.613. The maximum absolute atomic E-state index is 12.6. The van der Waals surface area contributed by atoms with Gasteiger partial charge in [-0.15, -0.1) is 5.10 Å². The Hall–Kier alpha value is -2.94. The molecule has 2 aromatic rings. The second-order valence-electron chi connectivity index (χ2n) is 8.19. The van der Waals surface area contributed by atoms with Crippen LogP contribution in [0.3, 0.4) is 0 Å². The van der Waals surface area contributed by atoms with Crippen molar-refractivity contribution in [3.05, 3.63) is 30.5 Å². The number of benzene rings is 1. The second-order valence-corrected chi connectivity index (χ2v) is 8.19. The number of piperidine rings is 3. The molecule has 0 saturated carbocycles. The first kappa shape index (κ1) is 20.3. The molecule has 2 unspecified atom stereocenters. The summed E-state index contributed by atoms with van der Waals surface area (Å²) >= 11 is 0. The van der Waals surface area contributed by atoms with Gasteiger partial charge >= 0.3 is 0 Å². The van der Waals surface area contributed by atoms with Crippen LogP contribution in [-0.2, 0) is 16.1 Å². The topological polar surface area (TPSA) is 112 Å². The van der Waals surface area contributed by atoms with E-state index in [0.29, 0.717) is 25.0 Å². The Morgan fingerprint density at radius 1 is 1.27 bits per heavy atom. The van der Waals surface area contributed by atoms with Gasteiger partial charge in [0, 0.05) is 38.2 Å². The fourth-order valence-corrected chi connectivity index (χ4v) is 4.58. The van der Waals surface area contributed by atoms with Crippen LogP contribution in [0, 0.1) is 11.8 Å². The predicted molar refractivity (Wildman–Crippen MR) is 110 cm³/mol. The summed E-state index contributed by atoms with van der Waals surface area (Å²) in [7, 11) is 0. The van der Waals surface area contributed by atoms with Crippen LogP contribution in [0.15, 0.2) is 30.5 Å². The first-order valence-corrected chi connectivity index (χ1v) is 10.5. The largest absolute Gasteiger partial charge is 0.508 e. The molecule has 5 rings (SSSR count). The second kappa shape index (κ2) is 8.83. The van der Waals surface area contributed by atoms with Gasteiger partial charge in [-0.25, -0.2) is 0 Å². The molecular weight excluding hydrogens is 384 g/mol. The molecule has 1 aromatic heterocycles. The lowest BCUT2D eigenvalue weighted by atomic mass is 9.75. The Balaban J connectivity index is 1.32. The summed E-state index contributed by atoms with van der Waals surface area (Å²) in [5, 5.41) is 23.8. The van der Waals surface area contributed by atoms with Crippen molar-refractivity contribution in [1.82, 2.24) is 30.5 Å². The van der Waals surface area contributed by atoms with Gasteiger partial charge in [-0.05, 0) is 37.4 Å². The Morgan fingerprint density at radius 3 is 2.83 bits per heavy atom. The molecule has 3 N–H and O–H groups in total. The summed E-state index contributed by atoms with van der Waals surface area (Å²) in [4.78, 5) is 25.9. The van der Waals surface area contributed by atoms with E-state index in [1.165, 1.54) is 6.92 Å². The van der Waals surface area contributed by atoms with Crippen molar-refractivity contribution < 1.29 is 14.7 Å². The number of phenolic OH excluding ortho intramolecular Hbond substituents is 1. The lowest BCUT2D eigenvalue weighted by Crippen LogP contribution is -2.58. The molecule has 1 aromatic carbocycles. The lowest BCUT2D eigenvalue weighted by Gasteiger charge is -2.49. The molecule has 3 aliphatic rings. The Bertz CT molecular complexity index is 914. The molecule has 0 aliphatic carbocycles. The lowest BCUT2D eigenvalue weighted by molar-refractivity contribution is -0.133. The van der Waals surface area contributed by atoms with Crippen LogP contribution < -0.4 is 10.6 Å². The number of phenols is 1. The molecule has 3 aliphatic heterocycles. The zero-order valence-electron chi connectivity index (χ0n) is 17.1. The minimum absolute atomic E-state index is 0.00549. The third kappa shape index (κ3) is 4.62. The molecule has 4 heterocycles. The maximum atomic E-state index is 12.6. The number of hydrogen-bond acceptors (Lipinski definition) is 6. The number of carbonyl (C=O) groups excluding carboxylic acids is 2. The van der Waals surface area contributed by atoms with Gasteiger partial charge < -0.3 is 15.7 Å². The summed E-state index contributed by atoms with van der Waals surface area (Å²) in [6.45, 7) is 4.88. The van der Waals surface area contributed by atoms with Gasteiger partial charge in [-0.1, -0.05) is 17.3 Å². The number of amides is 2. The SMILES string of the molecule is CC(=O)NCCNC(=O)[C@H]1CN2CCC1C[C@@H]2Cn1cc(-c2cccc(O)c2)nn1. The molecule has 9 heteroatoms. The minimum Gasteiger partial charge on any atom is -0.508 e. The molecule has 0 radical (unpaired) electrons. The van der Waals surface area contributed by atoms with Crippen LogP contribution in [0.25, 0.3) is 11.3 Å². The quantitative estimate of drug-likeness (QED) is 0.575. The van der Waals surface area contributed by atoms with Crippen LogP contribution in [0.5, 0.6) is 5.75 Å². The fraction of sp³-hybridized carbons (Fsp3) is 0.524. The van der Waals surface area contributed by atoms with E-state index >= 15 is 0 Å². The first-order chi connectivity index (χ1) is 14.5. The van der Waals surface area contributed by atoms with Crippen molar-refractivity contribution >= 4 is 11.8 Å². The normalized spacial score (nSPS) is 25.1. The van der Waals surface area contributed by atoms with Gasteiger partial charge in [0.2, 0.25) is 11.8 Å². The van der Waals surface area contributed by atoms with Gasteiger partial charge in [-0.3, -0.25) is 19.2 Å². The number of nitrogens with zero attached hydrogens (tertiary/aromatic N) is 4. The van der Waals surface area contributed by atoms with E-state index in [-0.39, 0.29) is 23.5 Å². The molecule has 30 heavy (non-hydrogen) atoms. The summed E-state index contributed by atoms with van der Waals surface area (Å²) in [5.41, 5.74) is 1.57. The van der Waals surface area contributed by atoms with E-state index in [2.05, 4.69) is 25.8 Å². The summed E-state index contributed by atoms with van der Waals surface area (Å²) in [6.07, 6.45) is 3.90. The average Bonchev–Trinajstić information content (AvgIpc) is 3.20. The highest BCUT2D eigenvalue weighted by atomic mass is 16.3. The van der Waals surface area contributed by atoms with Gasteiger partial charge in [-0.2, -0.15) is 0 Å². The van der Waals surface area contributed by atoms with Crippen molar-refractivity contribution in [3.8, 4) is 17.0 Å². The zero-order chi connectivity index (χ0) is 21.1. The van der Waals surface area contributed by atoms with Crippen molar-refractivity contribution in [3.63, 3.8) is 0 Å². The van der Waals surface area contributed by atoms with E-state index in [1.54, 1.807) is 18.2 Å². The average molecular weight is 412 g/mol. The number of carbonyl (C=O) groups is 2. The smallest absolute Gasteiger partial charge is 0.224 e. The van der Waals surface area contributed by atoms with Crippen molar-refractivity contribution in [1.29, 1.82) is 0 Å². The summed E-state index contributed by atoms with van der Waals surface area (Å²) < 4.78 is 1.85. The monoisotopic (exact) mass is 412 g/mol. The first-order valence-electron chi connectivity index (χ1n) is 10.5. The highest BCUT2D eigenvalue weighted by Gasteiger charge is 2.43. The molecule has 2 bridgehead atoms. The molecule has 0 spiro atoms. The minimum atomic E-state index is -0.0877. The Labute approximate surface area is 175 Å². The fourth-order valence-electron chi connectivity index (χ4n) is 4.58. The molecule has 160 valence electrons. The van der Waals surface area contributed by atoms with Gasteiger partial charge in [0.05, 0.1) is 18.7 Å². The number of aromatic hydroxyl groups is 1. The highest BCUT2D eigenvalue weighted by Crippen LogP contribution is 2.37. The maximum Gasteiger partial charge on any atom is 0.224 e. The Morgan fingerprint density at radius 2 is 2.10 bits per heavy atom. The van der Waals surface area contributed by atoms with E-state index in [4.69, 9.17) is 0 Å². The standard InChI is InChI=1S/C21H28N6O3/c1-14(28)22-6-7-23-21(30)19-12-26-8-5-15(19)9-17(26)11-27-13-20(24-25-27)16-3-2-4-18(29)10-16/h2-4,10,13,15,17,19,29H,5-9,11-12H2,1H3,(H,22,28)(H,23,30)/t15?,17-,19+/m1/s1. The number of aromatic nitrogens is 3. The molecule has 9 nitrogen and oxygen atoms in total. The van der Waals surface area contributed by atoms with E-state index in [1.807, 2.05) is 16.9 Å². The van der Waals surface area contributed by atoms with Gasteiger partial charge in [0.1, 0.15) is 11.4 Å². The molecular formula is C21H28N6O3. The number of nitrogens with one attached hydrogen (secondary N) is 2. The Kier molecular flexibility index (Phi) is 5.98. The van der Waals surface area contributed by atoms with Crippen molar-refractivity contribution in [2.75, 3.05) is 26.2 Å². The number of hydrogen-bond donors (Lipinski definition) is 3. The molecule has 2 amide bonds. The molecule has 3 fully saturated rings. The van der Waals surface area contributed by atoms with Crippen LogP contribution >= 0.6 is 0 Å². The van der Waals surface area contributed by atoms with Gasteiger partial charge in [0.25, 0.3) is 0 Å². The molecule has 4 atom stereocenters. The third-order valence-electron chi connectivity index (χ3n) is 6.09. The van der Waals surface area contributed by atoms with E-state index < -0.39 is 0 Å². The van der Waals surface area contributed by atoms with Crippen LogP contribution in [0.4, 0.5) is 0 Å². The summed E-state index contributed by atoms with van der Waals surface area (Å²) in [6, 6.07) is 7.33. The molecule has 3 saturated heterocycles. The van der Waals surface area contributed by atoms with Crippen LogP contribution in [-0.4, -0.2) is 69.0 Å². The third-order valence-corrected chi connectivity index (χ3v) is 6.09. The van der Waals surface area contributed by atoms with Crippen LogP contribution in [0.2, 0.25) is 0 Å². The highest BCUT2D eigenvalue weighted by molar-refractivity contribution is 5.79. The number of fused-ring (bicyclic) bond motifs is 3. The van der Waals surface area contributed by atoms with Crippen molar-refractivity contribution in [2.45, 2.75) is 32.4 Å². The van der Waals surface area contributed by atoms with E-state index in [0.717, 1.165) is 43.7 Å². The zero-order valence-corrected chi connectivity index (χ0v) is 17.1. The number of rotatable bonds is 7.